The molecule has 1 fully saturated rings. The van der Waals surface area contributed by atoms with E-state index >= 15 is 0 Å². The Bertz CT molecular complexity index is 780. The average Bonchev–Trinajstić information content (AvgIpc) is 2.91. The topological polar surface area (TPSA) is 37.8 Å². The molecule has 1 saturated carbocycles. The molecule has 0 radical (unpaired) electrons. The number of halogens is 1. The van der Waals surface area contributed by atoms with Crippen LogP contribution < -0.4 is 5.32 Å². The van der Waals surface area contributed by atoms with Crippen LogP contribution >= 0.6 is 11.6 Å². The quantitative estimate of drug-likeness (QED) is 0.722. The van der Waals surface area contributed by atoms with E-state index in [0.717, 1.165) is 34.6 Å². The van der Waals surface area contributed by atoms with Gasteiger partial charge in [0, 0.05) is 0 Å². The molecule has 1 aliphatic rings. The van der Waals surface area contributed by atoms with Crippen LogP contribution in [-0.4, -0.2) is 29.0 Å². The van der Waals surface area contributed by atoms with Gasteiger partial charge in [0.05, 0.1) is 0 Å². The van der Waals surface area contributed by atoms with Crippen molar-refractivity contribution < 1.29 is 0 Å². The maximum absolute atomic E-state index is 6.06. The fraction of sp³-hybridized carbons (Fsp3) is 0.250. The van der Waals surface area contributed by atoms with Crippen molar-refractivity contribution in [2.24, 2.45) is 0 Å². The summed E-state index contributed by atoms with van der Waals surface area (Å²) in [6.07, 6.45) is 2.29. The first-order chi connectivity index (χ1) is 10.3. The second-order valence-electron chi connectivity index (χ2n) is 5.50. The summed E-state index contributed by atoms with van der Waals surface area (Å²) < 4.78 is 8.94. The number of anilines is 1. The standard InChI is InChI=1S/C16H14ClN3Se/c17-12-4-1-3-10(7-12)11-8-13(9-11)18-14-5-2-6-15-16(14)20-21-19-15/h1-7,11,13,18H,8-9H2. The van der Waals surface area contributed by atoms with Crippen molar-refractivity contribution in [3.05, 3.63) is 53.1 Å². The summed E-state index contributed by atoms with van der Waals surface area (Å²) in [5.74, 6) is 0.615. The Labute approximate surface area is 134 Å². The number of benzene rings is 2. The molecule has 1 N–H and O–H groups in total. The number of rotatable bonds is 3. The van der Waals surface area contributed by atoms with Gasteiger partial charge in [-0.1, -0.05) is 0 Å². The van der Waals surface area contributed by atoms with Gasteiger partial charge in [-0.2, -0.15) is 0 Å². The van der Waals surface area contributed by atoms with Crippen molar-refractivity contribution in [1.29, 1.82) is 0 Å². The van der Waals surface area contributed by atoms with Crippen LogP contribution in [0, 0.1) is 0 Å². The Hall–Kier alpha value is -1.35. The first kappa shape index (κ1) is 13.3. The Morgan fingerprint density at radius 1 is 1.10 bits per heavy atom. The minimum atomic E-state index is 0.0308. The van der Waals surface area contributed by atoms with Gasteiger partial charge >= 0.3 is 134 Å². The molecular weight excluding hydrogens is 349 g/mol. The van der Waals surface area contributed by atoms with Gasteiger partial charge in [0.25, 0.3) is 0 Å². The molecule has 1 heterocycles. The van der Waals surface area contributed by atoms with Crippen LogP contribution in [0.3, 0.4) is 0 Å². The third-order valence-electron chi connectivity index (χ3n) is 4.10. The third kappa shape index (κ3) is 2.59. The van der Waals surface area contributed by atoms with E-state index < -0.39 is 0 Å². The molecule has 0 amide bonds. The van der Waals surface area contributed by atoms with E-state index in [1.807, 2.05) is 18.2 Å². The molecule has 0 saturated heterocycles. The van der Waals surface area contributed by atoms with Gasteiger partial charge in [0.2, 0.25) is 0 Å². The zero-order valence-electron chi connectivity index (χ0n) is 11.3. The van der Waals surface area contributed by atoms with Crippen LogP contribution in [0.5, 0.6) is 0 Å². The van der Waals surface area contributed by atoms with Crippen LogP contribution in [0.2, 0.25) is 5.02 Å². The molecule has 1 aromatic heterocycles. The molecule has 5 heteroatoms. The Kier molecular flexibility index (Phi) is 3.46. The molecule has 3 nitrogen and oxygen atoms in total. The van der Waals surface area contributed by atoms with Crippen molar-refractivity contribution in [3.63, 3.8) is 0 Å². The number of hydrogen-bond acceptors (Lipinski definition) is 3. The first-order valence-electron chi connectivity index (χ1n) is 7.03. The molecule has 21 heavy (non-hydrogen) atoms. The fourth-order valence-corrected chi connectivity index (χ4v) is 4.26. The summed E-state index contributed by atoms with van der Waals surface area (Å²) in [6.45, 7) is 0. The van der Waals surface area contributed by atoms with Crippen LogP contribution in [-0.2, 0) is 0 Å². The van der Waals surface area contributed by atoms with Gasteiger partial charge in [-0.3, -0.25) is 0 Å². The van der Waals surface area contributed by atoms with Crippen molar-refractivity contribution in [1.82, 2.24) is 7.96 Å². The predicted octanol–water partition coefficient (Wildman–Crippen LogP) is 3.70. The van der Waals surface area contributed by atoms with E-state index in [0.29, 0.717) is 12.0 Å². The molecule has 2 aromatic carbocycles. The Morgan fingerprint density at radius 2 is 1.95 bits per heavy atom. The van der Waals surface area contributed by atoms with Gasteiger partial charge in [0.1, 0.15) is 0 Å². The molecule has 1 aliphatic carbocycles. The van der Waals surface area contributed by atoms with Crippen molar-refractivity contribution in [2.45, 2.75) is 24.8 Å². The maximum atomic E-state index is 6.06. The molecule has 0 spiro atoms. The third-order valence-corrected chi connectivity index (χ3v) is 5.48. The molecular formula is C16H14ClN3Se. The number of hydrogen-bond donors (Lipinski definition) is 1. The van der Waals surface area contributed by atoms with Crippen LogP contribution in [0.1, 0.15) is 24.3 Å². The van der Waals surface area contributed by atoms with Crippen LogP contribution in [0.15, 0.2) is 42.5 Å². The summed E-state index contributed by atoms with van der Waals surface area (Å²) in [6, 6.07) is 14.9. The molecule has 0 unspecified atom stereocenters. The van der Waals surface area contributed by atoms with Crippen molar-refractivity contribution in [3.8, 4) is 0 Å². The molecule has 0 aliphatic heterocycles. The van der Waals surface area contributed by atoms with E-state index in [-0.39, 0.29) is 15.0 Å². The van der Waals surface area contributed by atoms with Gasteiger partial charge in [0.15, 0.2) is 0 Å². The molecule has 0 atom stereocenters. The van der Waals surface area contributed by atoms with Gasteiger partial charge in [-0.25, -0.2) is 0 Å². The van der Waals surface area contributed by atoms with E-state index in [4.69, 9.17) is 11.6 Å². The molecule has 0 bridgehead atoms. The molecule has 106 valence electrons. The monoisotopic (exact) mass is 363 g/mol. The van der Waals surface area contributed by atoms with E-state index in [2.05, 4.69) is 37.5 Å². The summed E-state index contributed by atoms with van der Waals surface area (Å²) in [5, 5.41) is 4.44. The summed E-state index contributed by atoms with van der Waals surface area (Å²) in [5.41, 5.74) is 4.56. The number of fused-ring (bicyclic) bond motifs is 1. The van der Waals surface area contributed by atoms with E-state index in [1.54, 1.807) is 0 Å². The normalized spacial score (nSPS) is 21.2. The average molecular weight is 363 g/mol. The van der Waals surface area contributed by atoms with Crippen molar-refractivity contribution >= 4 is 43.3 Å². The van der Waals surface area contributed by atoms with Gasteiger partial charge in [-0.05, 0) is 0 Å². The molecule has 4 rings (SSSR count). The zero-order chi connectivity index (χ0) is 14.2. The summed E-state index contributed by atoms with van der Waals surface area (Å²) in [4.78, 5) is 0. The van der Waals surface area contributed by atoms with E-state index in [9.17, 15) is 0 Å². The second kappa shape index (κ2) is 5.45. The molecule has 3 aromatic rings. The zero-order valence-corrected chi connectivity index (χ0v) is 13.8. The second-order valence-corrected chi connectivity index (χ2v) is 7.05. The van der Waals surface area contributed by atoms with Gasteiger partial charge in [-0.15, -0.1) is 0 Å². The first-order valence-corrected chi connectivity index (χ1v) is 8.94. The Morgan fingerprint density at radius 3 is 2.81 bits per heavy atom. The van der Waals surface area contributed by atoms with Gasteiger partial charge < -0.3 is 0 Å². The predicted molar refractivity (Wildman–Crippen MR) is 87.3 cm³/mol. The Balaban J connectivity index is 1.46. The summed E-state index contributed by atoms with van der Waals surface area (Å²) >= 11 is 6.09. The van der Waals surface area contributed by atoms with Crippen LogP contribution in [0.4, 0.5) is 5.69 Å². The minimum absolute atomic E-state index is 0.0308. The fourth-order valence-electron chi connectivity index (χ4n) is 2.91. The SMILES string of the molecule is Clc1cccc(C2CC(Nc3cccc4n[se]nc34)C2)c1. The number of aromatic nitrogens is 2. The van der Waals surface area contributed by atoms with Crippen molar-refractivity contribution in [2.75, 3.05) is 5.32 Å². The van der Waals surface area contributed by atoms with E-state index in [1.165, 1.54) is 5.56 Å². The number of nitrogens with zero attached hydrogens (tertiary/aromatic N) is 2. The summed E-state index contributed by atoms with van der Waals surface area (Å²) in [7, 11) is 0. The van der Waals surface area contributed by atoms with Crippen LogP contribution in [0.25, 0.3) is 11.0 Å². The number of nitrogens with one attached hydrogen (secondary N) is 1.